The molecule has 0 saturated carbocycles. The monoisotopic (exact) mass is 281 g/mol. The van der Waals surface area contributed by atoms with Crippen LogP contribution in [0.3, 0.4) is 0 Å². The average Bonchev–Trinajstić information content (AvgIpc) is 2.14. The molecule has 0 aromatic rings. The Balaban J connectivity index is 0. The average molecular weight is 281 g/mol. The summed E-state index contributed by atoms with van der Waals surface area (Å²) in [5.74, 6) is -5.98. The second-order valence-electron chi connectivity index (χ2n) is 3.60. The highest BCUT2D eigenvalue weighted by Gasteiger charge is 2.40. The first-order valence-corrected chi connectivity index (χ1v) is 4.80. The van der Waals surface area contributed by atoms with E-state index in [1.807, 2.05) is 0 Å². The molecule has 0 aliphatic heterocycles. The fourth-order valence-electron chi connectivity index (χ4n) is 0.714. The van der Waals surface area contributed by atoms with Gasteiger partial charge in [-0.1, -0.05) is 0 Å². The maximum absolute atomic E-state index is 10.3. The summed E-state index contributed by atoms with van der Waals surface area (Å²) >= 11 is 0. The molecule has 1 atom stereocenters. The van der Waals surface area contributed by atoms with Crippen molar-refractivity contribution in [2.45, 2.75) is 31.4 Å². The van der Waals surface area contributed by atoms with Gasteiger partial charge in [0.25, 0.3) is 0 Å². The van der Waals surface area contributed by atoms with Crippen molar-refractivity contribution in [2.24, 2.45) is 5.73 Å². The van der Waals surface area contributed by atoms with Crippen molar-refractivity contribution in [3.63, 3.8) is 0 Å². The summed E-state index contributed by atoms with van der Waals surface area (Å²) in [4.78, 5) is 40.1. The zero-order valence-corrected chi connectivity index (χ0v) is 9.94. The quantitative estimate of drug-likeness (QED) is 0.322. The van der Waals surface area contributed by atoms with E-state index in [0.29, 0.717) is 0 Å². The summed E-state index contributed by atoms with van der Waals surface area (Å²) in [6.07, 6.45) is -2.29. The number of nitrogens with two attached hydrogens (primary N) is 1. The van der Waals surface area contributed by atoms with Crippen molar-refractivity contribution < 1.29 is 44.7 Å². The van der Waals surface area contributed by atoms with Crippen LogP contribution in [0.4, 0.5) is 0 Å². The number of hydrogen-bond donors (Lipinski definition) is 6. The Morgan fingerprint density at radius 3 is 1.37 bits per heavy atom. The summed E-state index contributed by atoms with van der Waals surface area (Å²) in [5, 5.41) is 41.7. The number of rotatable bonds is 6. The third-order valence-electron chi connectivity index (χ3n) is 1.67. The number of carboxylic acids is 4. The Labute approximate surface area is 107 Å². The molecule has 0 amide bonds. The second kappa shape index (κ2) is 8.00. The standard InChI is InChI=1S/C6H8O7.C3H7NO2/c7-3(8)1-6(13,5(11)12)2-4(9)10;1-2(4)3(5)6/h13H,1-2H2,(H,7,8)(H,9,10)(H,11,12);2H,4H2,1H3,(H,5,6)/t;2-/m.1/s1. The van der Waals surface area contributed by atoms with Crippen molar-refractivity contribution in [2.75, 3.05) is 0 Å². The van der Waals surface area contributed by atoms with E-state index in [1.54, 1.807) is 0 Å². The van der Waals surface area contributed by atoms with Crippen molar-refractivity contribution in [1.29, 1.82) is 0 Å². The van der Waals surface area contributed by atoms with Gasteiger partial charge >= 0.3 is 23.9 Å². The van der Waals surface area contributed by atoms with Crippen LogP contribution in [0.5, 0.6) is 0 Å². The number of hydrogen-bond acceptors (Lipinski definition) is 6. The first-order valence-electron chi connectivity index (χ1n) is 4.80. The zero-order valence-electron chi connectivity index (χ0n) is 9.94. The smallest absolute Gasteiger partial charge is 0.336 e. The minimum Gasteiger partial charge on any atom is -0.481 e. The number of aliphatic hydroxyl groups is 1. The summed E-state index contributed by atoms with van der Waals surface area (Å²) in [5.41, 5.74) is 2.10. The number of aliphatic carboxylic acids is 4. The summed E-state index contributed by atoms with van der Waals surface area (Å²) in [7, 11) is 0. The highest BCUT2D eigenvalue weighted by atomic mass is 16.4. The Bertz CT molecular complexity index is 347. The maximum Gasteiger partial charge on any atom is 0.336 e. The molecule has 0 bridgehead atoms. The van der Waals surface area contributed by atoms with E-state index in [1.165, 1.54) is 6.92 Å². The van der Waals surface area contributed by atoms with Crippen molar-refractivity contribution >= 4 is 23.9 Å². The minimum absolute atomic E-state index is 0.731. The molecule has 0 rings (SSSR count). The fraction of sp³-hybridized carbons (Fsp3) is 0.556. The van der Waals surface area contributed by atoms with Crippen molar-refractivity contribution in [1.82, 2.24) is 0 Å². The van der Waals surface area contributed by atoms with Crippen LogP contribution in [-0.4, -0.2) is 61.1 Å². The third kappa shape index (κ3) is 9.50. The molecule has 10 heteroatoms. The summed E-state index contributed by atoms with van der Waals surface area (Å²) < 4.78 is 0. The van der Waals surface area contributed by atoms with Crippen LogP contribution in [0.15, 0.2) is 0 Å². The van der Waals surface area contributed by atoms with E-state index in [0.717, 1.165) is 0 Å². The molecule has 0 spiro atoms. The van der Waals surface area contributed by atoms with Crippen LogP contribution in [0.25, 0.3) is 0 Å². The Hall–Kier alpha value is -2.20. The molecule has 7 N–H and O–H groups in total. The lowest BCUT2D eigenvalue weighted by atomic mass is 9.96. The van der Waals surface area contributed by atoms with Crippen LogP contribution in [-0.2, 0) is 19.2 Å². The highest BCUT2D eigenvalue weighted by Crippen LogP contribution is 2.15. The van der Waals surface area contributed by atoms with Crippen LogP contribution < -0.4 is 5.73 Å². The van der Waals surface area contributed by atoms with E-state index in [-0.39, 0.29) is 0 Å². The molecule has 0 aromatic heterocycles. The minimum atomic E-state index is -2.74. The Morgan fingerprint density at radius 2 is 1.26 bits per heavy atom. The van der Waals surface area contributed by atoms with Crippen molar-refractivity contribution in [3.8, 4) is 0 Å². The normalized spacial score (nSPS) is 11.7. The van der Waals surface area contributed by atoms with Gasteiger partial charge in [-0.15, -0.1) is 0 Å². The second-order valence-corrected chi connectivity index (χ2v) is 3.60. The van der Waals surface area contributed by atoms with E-state index in [2.05, 4.69) is 0 Å². The highest BCUT2D eigenvalue weighted by molar-refractivity contribution is 5.88. The SMILES string of the molecule is C[C@@H](N)C(=O)O.O=C(O)CC(O)(CC(=O)O)C(=O)O. The van der Waals surface area contributed by atoms with Gasteiger partial charge < -0.3 is 31.3 Å². The topological polar surface area (TPSA) is 195 Å². The van der Waals surface area contributed by atoms with E-state index in [4.69, 9.17) is 31.3 Å². The first-order chi connectivity index (χ1) is 8.42. The van der Waals surface area contributed by atoms with Crippen molar-refractivity contribution in [3.05, 3.63) is 0 Å². The third-order valence-corrected chi connectivity index (χ3v) is 1.67. The van der Waals surface area contributed by atoms with Crippen LogP contribution in [0.1, 0.15) is 19.8 Å². The van der Waals surface area contributed by atoms with Gasteiger partial charge in [0, 0.05) is 0 Å². The predicted octanol–water partition coefficient (Wildman–Crippen LogP) is -1.83. The molecular weight excluding hydrogens is 266 g/mol. The number of carbonyl (C=O) groups is 4. The van der Waals surface area contributed by atoms with E-state index in [9.17, 15) is 19.2 Å². The van der Waals surface area contributed by atoms with Gasteiger partial charge in [0.05, 0.1) is 12.8 Å². The molecule has 0 heterocycles. The Morgan fingerprint density at radius 1 is 1.00 bits per heavy atom. The van der Waals surface area contributed by atoms with Gasteiger partial charge in [-0.3, -0.25) is 14.4 Å². The Kier molecular flexibility index (Phi) is 8.06. The van der Waals surface area contributed by atoms with Crippen LogP contribution in [0.2, 0.25) is 0 Å². The van der Waals surface area contributed by atoms with Gasteiger partial charge in [0.15, 0.2) is 5.60 Å². The lowest BCUT2D eigenvalue weighted by molar-refractivity contribution is -0.170. The molecule has 0 aromatic carbocycles. The lowest BCUT2D eigenvalue weighted by Crippen LogP contribution is -2.42. The van der Waals surface area contributed by atoms with E-state index < -0.39 is 48.4 Å². The molecule has 0 aliphatic carbocycles. The van der Waals surface area contributed by atoms with Gasteiger partial charge in [0.2, 0.25) is 0 Å². The largest absolute Gasteiger partial charge is 0.481 e. The maximum atomic E-state index is 10.3. The predicted molar refractivity (Wildman–Crippen MR) is 58.4 cm³/mol. The molecule has 0 fully saturated rings. The fourth-order valence-corrected chi connectivity index (χ4v) is 0.714. The molecule has 110 valence electrons. The summed E-state index contributed by atoms with van der Waals surface area (Å²) in [6.45, 7) is 1.42. The molecule has 0 radical (unpaired) electrons. The van der Waals surface area contributed by atoms with Gasteiger partial charge in [-0.05, 0) is 6.92 Å². The van der Waals surface area contributed by atoms with Crippen LogP contribution >= 0.6 is 0 Å². The van der Waals surface area contributed by atoms with Gasteiger partial charge in [-0.2, -0.15) is 0 Å². The first kappa shape index (κ1) is 19.1. The van der Waals surface area contributed by atoms with E-state index >= 15 is 0 Å². The molecule has 0 aliphatic rings. The summed E-state index contributed by atoms with van der Waals surface area (Å²) in [6, 6.07) is -0.731. The number of carboxylic acid groups (broad SMARTS) is 4. The van der Waals surface area contributed by atoms with Gasteiger partial charge in [0.1, 0.15) is 6.04 Å². The molecule has 0 unspecified atom stereocenters. The molecule has 19 heavy (non-hydrogen) atoms. The lowest BCUT2D eigenvalue weighted by Gasteiger charge is -2.18. The molecular formula is C9H15NO9. The molecule has 0 saturated heterocycles. The van der Waals surface area contributed by atoms with Crippen LogP contribution in [0, 0.1) is 0 Å². The molecule has 10 nitrogen and oxygen atoms in total. The van der Waals surface area contributed by atoms with Gasteiger partial charge in [-0.25, -0.2) is 4.79 Å². The zero-order chi connectivity index (χ0) is 15.8.